The molecule has 2 aromatic heterocycles. The van der Waals surface area contributed by atoms with Gasteiger partial charge < -0.3 is 10.3 Å². The molecule has 0 aliphatic carbocycles. The van der Waals surface area contributed by atoms with Crippen molar-refractivity contribution in [2.45, 2.75) is 27.2 Å². The van der Waals surface area contributed by atoms with E-state index in [0.717, 1.165) is 23.4 Å². The Bertz CT molecular complexity index is 497. The van der Waals surface area contributed by atoms with E-state index in [1.165, 1.54) is 0 Å². The summed E-state index contributed by atoms with van der Waals surface area (Å²) < 4.78 is 5.08. The van der Waals surface area contributed by atoms with Crippen LogP contribution in [0.2, 0.25) is 0 Å². The van der Waals surface area contributed by atoms with Gasteiger partial charge >= 0.3 is 0 Å². The number of hydrogen-bond acceptors (Lipinski definition) is 4. The number of nitrogens with zero attached hydrogens (tertiary/aromatic N) is 2. The van der Waals surface area contributed by atoms with Gasteiger partial charge in [-0.3, -0.25) is 4.98 Å². The summed E-state index contributed by atoms with van der Waals surface area (Å²) in [7, 11) is 0. The van der Waals surface area contributed by atoms with E-state index in [4.69, 9.17) is 10.3 Å². The Balaban J connectivity index is 2.44. The molecule has 0 aliphatic heterocycles. The lowest BCUT2D eigenvalue weighted by molar-refractivity contribution is 0.377. The highest BCUT2D eigenvalue weighted by atomic mass is 16.5. The van der Waals surface area contributed by atoms with Gasteiger partial charge in [0.2, 0.25) is 5.88 Å². The van der Waals surface area contributed by atoms with Crippen molar-refractivity contribution in [1.82, 2.24) is 10.1 Å². The maximum absolute atomic E-state index is 5.82. The molecular formula is C13H17N3O. The van der Waals surface area contributed by atoms with Crippen LogP contribution in [0.15, 0.2) is 28.9 Å². The Kier molecular flexibility index (Phi) is 2.88. The number of aromatic nitrogens is 2. The third-order valence-electron chi connectivity index (χ3n) is 2.41. The van der Waals surface area contributed by atoms with Gasteiger partial charge in [0.15, 0.2) is 0 Å². The second-order valence-electron chi connectivity index (χ2n) is 5.32. The minimum absolute atomic E-state index is 0.132. The van der Waals surface area contributed by atoms with Crippen molar-refractivity contribution in [3.63, 3.8) is 0 Å². The van der Waals surface area contributed by atoms with Gasteiger partial charge in [-0.05, 0) is 24.0 Å². The predicted octanol–water partition coefficient (Wildman–Crippen LogP) is 2.91. The van der Waals surface area contributed by atoms with Crippen LogP contribution in [0.5, 0.6) is 0 Å². The molecule has 2 N–H and O–H groups in total. The first-order chi connectivity index (χ1) is 7.97. The van der Waals surface area contributed by atoms with Gasteiger partial charge in [-0.15, -0.1) is 0 Å². The van der Waals surface area contributed by atoms with Crippen molar-refractivity contribution < 1.29 is 4.52 Å². The molecule has 2 heterocycles. The molecular weight excluding hydrogens is 214 g/mol. The summed E-state index contributed by atoms with van der Waals surface area (Å²) in [6, 6.07) is 5.71. The standard InChI is InChI=1S/C13H17N3O/c1-13(2,3)8-10-11(12(14)17-16-10)9-6-4-5-7-15-9/h4-7H,8,14H2,1-3H3. The average molecular weight is 231 g/mol. The van der Waals surface area contributed by atoms with E-state index in [1.807, 2.05) is 18.2 Å². The first kappa shape index (κ1) is 11.6. The topological polar surface area (TPSA) is 64.9 Å². The van der Waals surface area contributed by atoms with Gasteiger partial charge in [0, 0.05) is 6.20 Å². The highest BCUT2D eigenvalue weighted by Crippen LogP contribution is 2.32. The van der Waals surface area contributed by atoms with Crippen molar-refractivity contribution >= 4 is 5.88 Å². The van der Waals surface area contributed by atoms with Crippen molar-refractivity contribution in [2.75, 3.05) is 5.73 Å². The molecule has 0 spiro atoms. The Labute approximate surface area is 101 Å². The third kappa shape index (κ3) is 2.64. The van der Waals surface area contributed by atoms with Gasteiger partial charge in [0.05, 0.1) is 17.0 Å². The number of hydrogen-bond donors (Lipinski definition) is 1. The van der Waals surface area contributed by atoms with Crippen LogP contribution in [-0.2, 0) is 6.42 Å². The molecule has 2 aromatic rings. The van der Waals surface area contributed by atoms with Crippen molar-refractivity contribution in [1.29, 1.82) is 0 Å². The van der Waals surface area contributed by atoms with Crippen LogP contribution in [-0.4, -0.2) is 10.1 Å². The van der Waals surface area contributed by atoms with E-state index in [-0.39, 0.29) is 5.41 Å². The molecule has 0 fully saturated rings. The lowest BCUT2D eigenvalue weighted by atomic mass is 9.89. The number of rotatable bonds is 2. The minimum atomic E-state index is 0.132. The summed E-state index contributed by atoms with van der Waals surface area (Å²) in [5, 5.41) is 4.04. The van der Waals surface area contributed by atoms with Gasteiger partial charge in [0.1, 0.15) is 0 Å². The molecule has 0 aliphatic rings. The van der Waals surface area contributed by atoms with Crippen LogP contribution in [0.4, 0.5) is 5.88 Å². The van der Waals surface area contributed by atoms with Gasteiger partial charge in [-0.25, -0.2) is 0 Å². The second-order valence-corrected chi connectivity index (χ2v) is 5.32. The summed E-state index contributed by atoms with van der Waals surface area (Å²) >= 11 is 0. The molecule has 0 aromatic carbocycles. The quantitative estimate of drug-likeness (QED) is 0.863. The molecule has 2 rings (SSSR count). The smallest absolute Gasteiger partial charge is 0.231 e. The summed E-state index contributed by atoms with van der Waals surface area (Å²) in [6.07, 6.45) is 2.54. The van der Waals surface area contributed by atoms with Gasteiger partial charge in [-0.1, -0.05) is 32.0 Å². The van der Waals surface area contributed by atoms with Crippen LogP contribution >= 0.6 is 0 Å². The van der Waals surface area contributed by atoms with Crippen LogP contribution in [0.25, 0.3) is 11.3 Å². The highest BCUT2D eigenvalue weighted by Gasteiger charge is 2.21. The summed E-state index contributed by atoms with van der Waals surface area (Å²) in [5.41, 5.74) is 8.45. The van der Waals surface area contributed by atoms with Crippen molar-refractivity contribution in [3.8, 4) is 11.3 Å². The van der Waals surface area contributed by atoms with E-state index >= 15 is 0 Å². The normalized spacial score (nSPS) is 11.7. The van der Waals surface area contributed by atoms with E-state index in [2.05, 4.69) is 30.9 Å². The molecule has 0 saturated heterocycles. The molecule has 0 amide bonds. The van der Waals surface area contributed by atoms with Crippen LogP contribution in [0.1, 0.15) is 26.5 Å². The monoisotopic (exact) mass is 231 g/mol. The predicted molar refractivity (Wildman–Crippen MR) is 67.3 cm³/mol. The highest BCUT2D eigenvalue weighted by molar-refractivity contribution is 5.72. The number of nitrogens with two attached hydrogens (primary N) is 1. The maximum atomic E-state index is 5.82. The fourth-order valence-corrected chi connectivity index (χ4v) is 1.75. The lowest BCUT2D eigenvalue weighted by Gasteiger charge is -2.16. The first-order valence-electron chi connectivity index (χ1n) is 5.63. The van der Waals surface area contributed by atoms with Gasteiger partial charge in [-0.2, -0.15) is 0 Å². The average Bonchev–Trinajstić information content (AvgIpc) is 2.58. The Hall–Kier alpha value is -1.84. The van der Waals surface area contributed by atoms with Crippen molar-refractivity contribution in [2.24, 2.45) is 5.41 Å². The van der Waals surface area contributed by atoms with Crippen LogP contribution < -0.4 is 5.73 Å². The zero-order chi connectivity index (χ0) is 12.5. The molecule has 0 saturated carbocycles. The molecule has 0 bridgehead atoms. The molecule has 0 atom stereocenters. The van der Waals surface area contributed by atoms with Crippen LogP contribution in [0, 0.1) is 5.41 Å². The Morgan fingerprint density at radius 2 is 2.06 bits per heavy atom. The number of nitrogen functional groups attached to an aromatic ring is 1. The molecule has 4 heteroatoms. The Morgan fingerprint density at radius 3 is 2.65 bits per heavy atom. The van der Waals surface area contributed by atoms with Gasteiger partial charge in [0.25, 0.3) is 0 Å². The number of anilines is 1. The van der Waals surface area contributed by atoms with E-state index in [9.17, 15) is 0 Å². The first-order valence-corrected chi connectivity index (χ1v) is 5.63. The maximum Gasteiger partial charge on any atom is 0.231 e. The van der Waals surface area contributed by atoms with Crippen LogP contribution in [0.3, 0.4) is 0 Å². The van der Waals surface area contributed by atoms with E-state index in [1.54, 1.807) is 6.20 Å². The summed E-state index contributed by atoms with van der Waals surface area (Å²) in [4.78, 5) is 4.29. The lowest BCUT2D eigenvalue weighted by Crippen LogP contribution is -2.10. The van der Waals surface area contributed by atoms with E-state index < -0.39 is 0 Å². The number of pyridine rings is 1. The second kappa shape index (κ2) is 4.20. The minimum Gasteiger partial charge on any atom is -0.367 e. The molecule has 0 unspecified atom stereocenters. The van der Waals surface area contributed by atoms with Crippen molar-refractivity contribution in [3.05, 3.63) is 30.1 Å². The largest absolute Gasteiger partial charge is 0.367 e. The zero-order valence-corrected chi connectivity index (χ0v) is 10.4. The fourth-order valence-electron chi connectivity index (χ4n) is 1.75. The summed E-state index contributed by atoms with van der Waals surface area (Å²) in [6.45, 7) is 6.46. The summed E-state index contributed by atoms with van der Waals surface area (Å²) in [5.74, 6) is 0.336. The molecule has 0 radical (unpaired) electrons. The SMILES string of the molecule is CC(C)(C)Cc1noc(N)c1-c1ccccn1. The zero-order valence-electron chi connectivity index (χ0n) is 10.4. The molecule has 90 valence electrons. The third-order valence-corrected chi connectivity index (χ3v) is 2.41. The molecule has 17 heavy (non-hydrogen) atoms. The Morgan fingerprint density at radius 1 is 1.29 bits per heavy atom. The van der Waals surface area contributed by atoms with E-state index in [0.29, 0.717) is 5.88 Å². The molecule has 4 nitrogen and oxygen atoms in total. The fraction of sp³-hybridized carbons (Fsp3) is 0.385.